The molecule has 3 aromatic rings. The molecule has 0 bridgehead atoms. The predicted molar refractivity (Wildman–Crippen MR) is 135 cm³/mol. The van der Waals surface area contributed by atoms with E-state index in [0.717, 1.165) is 17.0 Å². The van der Waals surface area contributed by atoms with Gasteiger partial charge in [0.1, 0.15) is 18.4 Å². The standard InChI is InChI=1S/C26H29N3O5S/c1-20(27-22-10-12-24(13-11-22)34-19-21-6-3-2-4-7-21)26(30)28-23-8-5-9-25(18-23)35(31,32)29-14-16-33-17-15-29/h2-13,18,20,27H,14-17,19H2,1H3,(H,28,30)/t20-/m1/s1. The molecule has 3 aromatic carbocycles. The molecule has 1 aliphatic heterocycles. The van der Waals surface area contributed by atoms with Crippen LogP contribution >= 0.6 is 0 Å². The number of anilines is 2. The monoisotopic (exact) mass is 495 g/mol. The number of nitrogens with one attached hydrogen (secondary N) is 2. The first-order valence-electron chi connectivity index (χ1n) is 11.4. The molecule has 0 radical (unpaired) electrons. The van der Waals surface area contributed by atoms with Crippen molar-refractivity contribution in [1.82, 2.24) is 4.31 Å². The van der Waals surface area contributed by atoms with Gasteiger partial charge in [-0.05, 0) is 55.0 Å². The number of carbonyl (C=O) groups is 1. The van der Waals surface area contributed by atoms with E-state index in [1.54, 1.807) is 19.1 Å². The van der Waals surface area contributed by atoms with Crippen molar-refractivity contribution in [2.24, 2.45) is 0 Å². The first kappa shape index (κ1) is 24.7. The zero-order valence-corrected chi connectivity index (χ0v) is 20.3. The highest BCUT2D eigenvalue weighted by atomic mass is 32.2. The van der Waals surface area contributed by atoms with Gasteiger partial charge in [-0.2, -0.15) is 4.31 Å². The number of benzene rings is 3. The fourth-order valence-electron chi connectivity index (χ4n) is 3.62. The molecule has 0 saturated carbocycles. The van der Waals surface area contributed by atoms with Crippen LogP contribution in [0.4, 0.5) is 11.4 Å². The highest BCUT2D eigenvalue weighted by Gasteiger charge is 2.26. The van der Waals surface area contributed by atoms with Gasteiger partial charge in [0.2, 0.25) is 15.9 Å². The number of carbonyl (C=O) groups excluding carboxylic acids is 1. The van der Waals surface area contributed by atoms with Crippen molar-refractivity contribution < 1.29 is 22.7 Å². The van der Waals surface area contributed by atoms with Crippen LogP contribution in [0.3, 0.4) is 0 Å². The van der Waals surface area contributed by atoms with Crippen LogP contribution < -0.4 is 15.4 Å². The molecular formula is C26H29N3O5S. The Labute approximate surface area is 205 Å². The van der Waals surface area contributed by atoms with E-state index < -0.39 is 16.1 Å². The summed E-state index contributed by atoms with van der Waals surface area (Å²) in [5.41, 5.74) is 2.27. The molecule has 184 valence electrons. The molecular weight excluding hydrogens is 466 g/mol. The smallest absolute Gasteiger partial charge is 0.246 e. The van der Waals surface area contributed by atoms with Gasteiger partial charge in [-0.25, -0.2) is 8.42 Å². The van der Waals surface area contributed by atoms with E-state index in [2.05, 4.69) is 10.6 Å². The number of hydrogen-bond donors (Lipinski definition) is 2. The minimum Gasteiger partial charge on any atom is -0.489 e. The fourth-order valence-corrected chi connectivity index (χ4v) is 5.08. The second kappa shape index (κ2) is 11.4. The van der Waals surface area contributed by atoms with E-state index in [9.17, 15) is 13.2 Å². The number of hydrogen-bond acceptors (Lipinski definition) is 6. The lowest BCUT2D eigenvalue weighted by Gasteiger charge is -2.26. The zero-order chi connectivity index (χ0) is 24.7. The maximum atomic E-state index is 12.9. The Morgan fingerprint density at radius 2 is 1.69 bits per heavy atom. The second-order valence-electron chi connectivity index (χ2n) is 8.20. The summed E-state index contributed by atoms with van der Waals surface area (Å²) in [5.74, 6) is 0.449. The van der Waals surface area contributed by atoms with E-state index in [1.807, 2.05) is 54.6 Å². The third kappa shape index (κ3) is 6.60. The molecule has 1 atom stereocenters. The Bertz CT molecular complexity index is 1230. The van der Waals surface area contributed by atoms with Gasteiger partial charge in [-0.15, -0.1) is 0 Å². The van der Waals surface area contributed by atoms with Crippen LogP contribution in [0.5, 0.6) is 5.75 Å². The number of amides is 1. The summed E-state index contributed by atoms with van der Waals surface area (Å²) in [6.45, 7) is 3.60. The van der Waals surface area contributed by atoms with Gasteiger partial charge in [0.05, 0.1) is 18.1 Å². The van der Waals surface area contributed by atoms with Gasteiger partial charge in [0, 0.05) is 24.5 Å². The Hall–Kier alpha value is -3.40. The SMILES string of the molecule is C[C@@H](Nc1ccc(OCc2ccccc2)cc1)C(=O)Nc1cccc(S(=O)(=O)N2CCOCC2)c1. The summed E-state index contributed by atoms with van der Waals surface area (Å²) in [7, 11) is -3.64. The van der Waals surface area contributed by atoms with Gasteiger partial charge in [-0.3, -0.25) is 4.79 Å². The predicted octanol–water partition coefficient (Wildman–Crippen LogP) is 3.73. The molecule has 1 saturated heterocycles. The average Bonchev–Trinajstić information content (AvgIpc) is 2.89. The summed E-state index contributed by atoms with van der Waals surface area (Å²) in [5, 5.41) is 5.94. The van der Waals surface area contributed by atoms with E-state index in [4.69, 9.17) is 9.47 Å². The normalized spacial score (nSPS) is 15.2. The number of ether oxygens (including phenoxy) is 2. The topological polar surface area (TPSA) is 97.0 Å². The molecule has 1 amide bonds. The Balaban J connectivity index is 1.32. The fraction of sp³-hybridized carbons (Fsp3) is 0.269. The molecule has 0 unspecified atom stereocenters. The molecule has 1 aliphatic rings. The minimum absolute atomic E-state index is 0.143. The number of morpholine rings is 1. The Morgan fingerprint density at radius 3 is 2.40 bits per heavy atom. The van der Waals surface area contributed by atoms with Crippen molar-refractivity contribution in [3.63, 3.8) is 0 Å². The summed E-state index contributed by atoms with van der Waals surface area (Å²) >= 11 is 0. The Morgan fingerprint density at radius 1 is 0.971 bits per heavy atom. The first-order chi connectivity index (χ1) is 16.9. The molecule has 4 rings (SSSR count). The summed E-state index contributed by atoms with van der Waals surface area (Å²) in [6, 6.07) is 23.0. The minimum atomic E-state index is -3.64. The third-order valence-corrected chi connectivity index (χ3v) is 7.48. The summed E-state index contributed by atoms with van der Waals surface area (Å²) in [6.07, 6.45) is 0. The van der Waals surface area contributed by atoms with Crippen molar-refractivity contribution in [2.75, 3.05) is 36.9 Å². The van der Waals surface area contributed by atoms with Gasteiger partial charge >= 0.3 is 0 Å². The van der Waals surface area contributed by atoms with Crippen LogP contribution in [0.1, 0.15) is 12.5 Å². The molecule has 2 N–H and O–H groups in total. The van der Waals surface area contributed by atoms with Crippen LogP contribution in [0.2, 0.25) is 0 Å². The quantitative estimate of drug-likeness (QED) is 0.470. The van der Waals surface area contributed by atoms with Gasteiger partial charge in [0.25, 0.3) is 0 Å². The molecule has 1 heterocycles. The van der Waals surface area contributed by atoms with E-state index >= 15 is 0 Å². The van der Waals surface area contributed by atoms with E-state index in [0.29, 0.717) is 38.6 Å². The molecule has 0 aromatic heterocycles. The second-order valence-corrected chi connectivity index (χ2v) is 10.1. The average molecular weight is 496 g/mol. The lowest BCUT2D eigenvalue weighted by atomic mass is 10.2. The summed E-state index contributed by atoms with van der Waals surface area (Å²) in [4.78, 5) is 12.9. The summed E-state index contributed by atoms with van der Waals surface area (Å²) < 4.78 is 38.2. The first-order valence-corrected chi connectivity index (χ1v) is 12.9. The molecule has 0 spiro atoms. The van der Waals surface area contributed by atoms with Crippen molar-refractivity contribution in [3.8, 4) is 5.75 Å². The van der Waals surface area contributed by atoms with Crippen molar-refractivity contribution in [3.05, 3.63) is 84.4 Å². The van der Waals surface area contributed by atoms with Crippen LogP contribution in [-0.2, 0) is 26.2 Å². The lowest BCUT2D eigenvalue weighted by Crippen LogP contribution is -2.40. The van der Waals surface area contributed by atoms with Crippen molar-refractivity contribution in [1.29, 1.82) is 0 Å². The third-order valence-electron chi connectivity index (χ3n) is 5.59. The van der Waals surface area contributed by atoms with Gasteiger partial charge < -0.3 is 20.1 Å². The Kier molecular flexibility index (Phi) is 8.02. The maximum absolute atomic E-state index is 12.9. The molecule has 35 heavy (non-hydrogen) atoms. The molecule has 0 aliphatic carbocycles. The van der Waals surface area contributed by atoms with Crippen LogP contribution in [0.25, 0.3) is 0 Å². The van der Waals surface area contributed by atoms with Crippen molar-refractivity contribution >= 4 is 27.3 Å². The van der Waals surface area contributed by atoms with E-state index in [1.165, 1.54) is 16.4 Å². The van der Waals surface area contributed by atoms with Gasteiger partial charge in [-0.1, -0.05) is 36.4 Å². The van der Waals surface area contributed by atoms with Crippen molar-refractivity contribution in [2.45, 2.75) is 24.5 Å². The van der Waals surface area contributed by atoms with Crippen LogP contribution in [0.15, 0.2) is 83.8 Å². The highest BCUT2D eigenvalue weighted by molar-refractivity contribution is 7.89. The highest BCUT2D eigenvalue weighted by Crippen LogP contribution is 2.22. The number of sulfonamides is 1. The van der Waals surface area contributed by atoms with Crippen LogP contribution in [0, 0.1) is 0 Å². The lowest BCUT2D eigenvalue weighted by molar-refractivity contribution is -0.116. The van der Waals surface area contributed by atoms with Gasteiger partial charge in [0.15, 0.2) is 0 Å². The number of nitrogens with zero attached hydrogens (tertiary/aromatic N) is 1. The van der Waals surface area contributed by atoms with Crippen LogP contribution in [-0.4, -0.2) is 51.0 Å². The zero-order valence-electron chi connectivity index (χ0n) is 19.5. The largest absolute Gasteiger partial charge is 0.489 e. The molecule has 8 nitrogen and oxygen atoms in total. The molecule has 9 heteroatoms. The maximum Gasteiger partial charge on any atom is 0.246 e. The molecule has 1 fully saturated rings. The number of rotatable bonds is 9. The van der Waals surface area contributed by atoms with E-state index in [-0.39, 0.29) is 10.8 Å².